The van der Waals surface area contributed by atoms with Crippen LogP contribution in [0.25, 0.3) is 11.0 Å². The zero-order chi connectivity index (χ0) is 12.7. The van der Waals surface area contributed by atoms with Gasteiger partial charge in [0.25, 0.3) is 6.43 Å². The molecule has 1 aliphatic rings. The highest BCUT2D eigenvalue weighted by molar-refractivity contribution is 5.76. The van der Waals surface area contributed by atoms with Crippen molar-refractivity contribution in [2.75, 3.05) is 0 Å². The molecule has 0 radical (unpaired) electrons. The molecular formula is C14H16F2N2. The number of imidazole rings is 1. The van der Waals surface area contributed by atoms with Crippen molar-refractivity contribution in [2.24, 2.45) is 5.92 Å². The van der Waals surface area contributed by atoms with Crippen molar-refractivity contribution in [3.63, 3.8) is 0 Å². The Bertz CT molecular complexity index is 570. The number of alkyl halides is 2. The van der Waals surface area contributed by atoms with Crippen LogP contribution in [0.4, 0.5) is 8.78 Å². The van der Waals surface area contributed by atoms with Crippen LogP contribution in [0.5, 0.6) is 0 Å². The first-order valence-corrected chi connectivity index (χ1v) is 6.37. The maximum atomic E-state index is 12.7. The third kappa shape index (κ3) is 2.24. The summed E-state index contributed by atoms with van der Waals surface area (Å²) in [5.41, 5.74) is 2.78. The molecule has 1 heterocycles. The van der Waals surface area contributed by atoms with E-state index in [1.807, 2.05) is 25.1 Å². The Balaban J connectivity index is 2.06. The van der Waals surface area contributed by atoms with Crippen LogP contribution in [0.15, 0.2) is 18.2 Å². The Morgan fingerprint density at radius 3 is 2.83 bits per heavy atom. The number of aryl methyl sites for hydroxylation is 1. The number of hydrogen-bond acceptors (Lipinski definition) is 1. The highest BCUT2D eigenvalue weighted by Crippen LogP contribution is 2.33. The quantitative estimate of drug-likeness (QED) is 0.811. The minimum atomic E-state index is -2.33. The Morgan fingerprint density at radius 1 is 1.39 bits per heavy atom. The molecule has 0 atom stereocenters. The SMILES string of the molecule is Cc1ccc2c(c1)nc(CC1CC1)n2CC(F)F. The van der Waals surface area contributed by atoms with Crippen LogP contribution in [0.1, 0.15) is 24.2 Å². The standard InChI is InChI=1S/C14H16F2N2/c1-9-2-5-12-11(6-9)17-14(7-10-3-4-10)18(12)8-13(15)16/h2,5-6,10,13H,3-4,7-8H2,1H3. The number of fused-ring (bicyclic) bond motifs is 1. The van der Waals surface area contributed by atoms with Gasteiger partial charge in [-0.05, 0) is 43.4 Å². The van der Waals surface area contributed by atoms with E-state index in [-0.39, 0.29) is 6.54 Å². The first-order valence-electron chi connectivity index (χ1n) is 6.37. The first kappa shape index (κ1) is 11.6. The molecule has 1 fully saturated rings. The minimum absolute atomic E-state index is 0.248. The molecule has 0 bridgehead atoms. The second-order valence-electron chi connectivity index (χ2n) is 5.17. The molecule has 2 aromatic rings. The van der Waals surface area contributed by atoms with Crippen LogP contribution in [0.2, 0.25) is 0 Å². The molecule has 2 nitrogen and oxygen atoms in total. The van der Waals surface area contributed by atoms with Crippen LogP contribution < -0.4 is 0 Å². The third-order valence-electron chi connectivity index (χ3n) is 3.47. The predicted molar refractivity (Wildman–Crippen MR) is 66.9 cm³/mol. The highest BCUT2D eigenvalue weighted by atomic mass is 19.3. The molecule has 0 spiro atoms. The lowest BCUT2D eigenvalue weighted by Gasteiger charge is -2.08. The van der Waals surface area contributed by atoms with Crippen molar-refractivity contribution >= 4 is 11.0 Å². The Kier molecular flexibility index (Phi) is 2.80. The summed E-state index contributed by atoms with van der Waals surface area (Å²) >= 11 is 0. The topological polar surface area (TPSA) is 17.8 Å². The molecule has 0 aliphatic heterocycles. The molecule has 0 saturated heterocycles. The molecule has 4 heteroatoms. The Morgan fingerprint density at radius 2 is 2.17 bits per heavy atom. The first-order chi connectivity index (χ1) is 8.63. The van der Waals surface area contributed by atoms with Gasteiger partial charge in [-0.2, -0.15) is 0 Å². The molecule has 1 aliphatic carbocycles. The lowest BCUT2D eigenvalue weighted by atomic mass is 10.2. The zero-order valence-corrected chi connectivity index (χ0v) is 10.4. The molecule has 96 valence electrons. The normalized spacial score (nSPS) is 15.8. The summed E-state index contributed by atoms with van der Waals surface area (Å²) in [6.45, 7) is 1.74. The summed E-state index contributed by atoms with van der Waals surface area (Å²) in [5, 5.41) is 0. The van der Waals surface area contributed by atoms with Gasteiger partial charge in [-0.15, -0.1) is 0 Å². The van der Waals surface area contributed by atoms with Gasteiger partial charge >= 0.3 is 0 Å². The van der Waals surface area contributed by atoms with Crippen molar-refractivity contribution in [1.82, 2.24) is 9.55 Å². The predicted octanol–water partition coefficient (Wildman–Crippen LogP) is 3.56. The van der Waals surface area contributed by atoms with Crippen molar-refractivity contribution in [2.45, 2.75) is 39.2 Å². The number of halogens is 2. The van der Waals surface area contributed by atoms with Gasteiger partial charge in [-0.3, -0.25) is 0 Å². The minimum Gasteiger partial charge on any atom is -0.322 e. The maximum absolute atomic E-state index is 12.7. The Labute approximate surface area is 105 Å². The summed E-state index contributed by atoms with van der Waals surface area (Å²) in [4.78, 5) is 4.54. The van der Waals surface area contributed by atoms with Gasteiger partial charge in [0.15, 0.2) is 0 Å². The average molecular weight is 250 g/mol. The highest BCUT2D eigenvalue weighted by Gasteiger charge is 2.25. The van der Waals surface area contributed by atoms with Crippen LogP contribution in [-0.2, 0) is 13.0 Å². The fourth-order valence-electron chi connectivity index (χ4n) is 2.37. The fraction of sp³-hybridized carbons (Fsp3) is 0.500. The van der Waals surface area contributed by atoms with E-state index in [9.17, 15) is 8.78 Å². The van der Waals surface area contributed by atoms with E-state index in [0.29, 0.717) is 5.92 Å². The molecular weight excluding hydrogens is 234 g/mol. The van der Waals surface area contributed by atoms with Gasteiger partial charge in [0, 0.05) is 6.42 Å². The molecule has 1 aromatic carbocycles. The summed E-state index contributed by atoms with van der Waals surface area (Å²) in [7, 11) is 0. The van der Waals surface area contributed by atoms with Gasteiger partial charge in [0.1, 0.15) is 5.82 Å². The monoisotopic (exact) mass is 250 g/mol. The molecule has 3 rings (SSSR count). The summed E-state index contributed by atoms with van der Waals surface area (Å²) in [6.07, 6.45) is 0.913. The van der Waals surface area contributed by atoms with E-state index in [1.54, 1.807) is 4.57 Å². The van der Waals surface area contributed by atoms with Crippen molar-refractivity contribution < 1.29 is 8.78 Å². The maximum Gasteiger partial charge on any atom is 0.256 e. The van der Waals surface area contributed by atoms with E-state index in [0.717, 1.165) is 28.8 Å². The summed E-state index contributed by atoms with van der Waals surface area (Å²) in [5.74, 6) is 1.47. The number of hydrogen-bond donors (Lipinski definition) is 0. The van der Waals surface area contributed by atoms with E-state index >= 15 is 0 Å². The number of nitrogens with zero attached hydrogens (tertiary/aromatic N) is 2. The fourth-order valence-corrected chi connectivity index (χ4v) is 2.37. The van der Waals surface area contributed by atoms with Crippen LogP contribution >= 0.6 is 0 Å². The zero-order valence-electron chi connectivity index (χ0n) is 10.4. The van der Waals surface area contributed by atoms with Crippen molar-refractivity contribution in [3.05, 3.63) is 29.6 Å². The molecule has 0 amide bonds. The molecule has 18 heavy (non-hydrogen) atoms. The van der Waals surface area contributed by atoms with Crippen molar-refractivity contribution in [3.8, 4) is 0 Å². The molecule has 1 saturated carbocycles. The largest absolute Gasteiger partial charge is 0.322 e. The lowest BCUT2D eigenvalue weighted by molar-refractivity contribution is 0.127. The van der Waals surface area contributed by atoms with Crippen LogP contribution in [0.3, 0.4) is 0 Å². The van der Waals surface area contributed by atoms with Gasteiger partial charge in [-0.1, -0.05) is 6.07 Å². The van der Waals surface area contributed by atoms with E-state index in [1.165, 1.54) is 12.8 Å². The van der Waals surface area contributed by atoms with Gasteiger partial charge in [-0.25, -0.2) is 13.8 Å². The second-order valence-corrected chi connectivity index (χ2v) is 5.17. The molecule has 0 unspecified atom stereocenters. The van der Waals surface area contributed by atoms with Crippen LogP contribution in [0, 0.1) is 12.8 Å². The van der Waals surface area contributed by atoms with Crippen LogP contribution in [-0.4, -0.2) is 16.0 Å². The van der Waals surface area contributed by atoms with E-state index in [2.05, 4.69) is 4.98 Å². The smallest absolute Gasteiger partial charge is 0.256 e. The van der Waals surface area contributed by atoms with Gasteiger partial charge in [0.2, 0.25) is 0 Å². The third-order valence-corrected chi connectivity index (χ3v) is 3.47. The number of benzene rings is 1. The molecule has 1 aromatic heterocycles. The molecule has 0 N–H and O–H groups in total. The number of rotatable bonds is 4. The van der Waals surface area contributed by atoms with Gasteiger partial charge < -0.3 is 4.57 Å². The van der Waals surface area contributed by atoms with E-state index in [4.69, 9.17) is 0 Å². The summed E-state index contributed by atoms with van der Waals surface area (Å²) in [6, 6.07) is 5.82. The van der Waals surface area contributed by atoms with Gasteiger partial charge in [0.05, 0.1) is 17.6 Å². The van der Waals surface area contributed by atoms with E-state index < -0.39 is 6.43 Å². The van der Waals surface area contributed by atoms with Crippen molar-refractivity contribution in [1.29, 1.82) is 0 Å². The number of aromatic nitrogens is 2. The second kappa shape index (κ2) is 4.34. The summed E-state index contributed by atoms with van der Waals surface area (Å²) < 4.78 is 27.1. The Hall–Kier alpha value is -1.45. The average Bonchev–Trinajstić information content (AvgIpc) is 3.04. The lowest BCUT2D eigenvalue weighted by Crippen LogP contribution is -2.10.